The Bertz CT molecular complexity index is 720. The fraction of sp³-hybridized carbons (Fsp3) is 0.350. The molecule has 132 valence electrons. The number of hydrogen-bond donors (Lipinski definition) is 1. The van der Waals surface area contributed by atoms with E-state index < -0.39 is 0 Å². The number of likely N-dealkylation sites (tertiary alicyclic amines) is 1. The second kappa shape index (κ2) is 8.84. The van der Waals surface area contributed by atoms with Gasteiger partial charge in [0.1, 0.15) is 0 Å². The van der Waals surface area contributed by atoms with E-state index in [1.54, 1.807) is 0 Å². The summed E-state index contributed by atoms with van der Waals surface area (Å²) in [6.45, 7) is 3.23. The maximum Gasteiger partial charge on any atom is 0.224 e. The number of nitrogens with zero attached hydrogens (tertiary/aromatic N) is 1. The number of amides is 1. The van der Waals surface area contributed by atoms with Crippen LogP contribution in [0.1, 0.15) is 24.0 Å². The average Bonchev–Trinajstić information content (AvgIpc) is 2.63. The lowest BCUT2D eigenvalue weighted by atomic mass is 9.96. The molecule has 1 unspecified atom stereocenters. The largest absolute Gasteiger partial charge is 0.352 e. The Kier molecular flexibility index (Phi) is 6.51. The molecule has 2 aromatic carbocycles. The summed E-state index contributed by atoms with van der Waals surface area (Å²) < 4.78 is 1.09. The van der Waals surface area contributed by atoms with Gasteiger partial charge < -0.3 is 5.32 Å². The van der Waals surface area contributed by atoms with Gasteiger partial charge in [-0.1, -0.05) is 57.9 Å². The lowest BCUT2D eigenvalue weighted by molar-refractivity contribution is -0.126. The number of hydrogen-bond acceptors (Lipinski definition) is 2. The molecule has 25 heavy (non-hydrogen) atoms. The second-order valence-electron chi connectivity index (χ2n) is 6.51. The van der Waals surface area contributed by atoms with Gasteiger partial charge in [-0.2, -0.15) is 0 Å². The molecule has 1 saturated heterocycles. The van der Waals surface area contributed by atoms with Crippen molar-refractivity contribution in [3.05, 3.63) is 69.2 Å². The van der Waals surface area contributed by atoms with Gasteiger partial charge in [0.25, 0.3) is 0 Å². The normalized spacial score (nSPS) is 18.1. The zero-order chi connectivity index (χ0) is 17.6. The monoisotopic (exact) mass is 420 g/mol. The Labute approximate surface area is 162 Å². The molecule has 0 radical (unpaired) electrons. The summed E-state index contributed by atoms with van der Waals surface area (Å²) >= 11 is 9.62. The fourth-order valence-corrected chi connectivity index (χ4v) is 3.70. The highest BCUT2D eigenvalue weighted by molar-refractivity contribution is 9.10. The van der Waals surface area contributed by atoms with Gasteiger partial charge in [0, 0.05) is 29.1 Å². The highest BCUT2D eigenvalue weighted by Gasteiger charge is 2.25. The third kappa shape index (κ3) is 5.30. The maximum absolute atomic E-state index is 12.5. The van der Waals surface area contributed by atoms with E-state index in [2.05, 4.69) is 50.4 Å². The molecule has 3 rings (SSSR count). The molecule has 2 aromatic rings. The van der Waals surface area contributed by atoms with Crippen molar-refractivity contribution < 1.29 is 4.79 Å². The van der Waals surface area contributed by atoms with Crippen LogP contribution in [0.4, 0.5) is 0 Å². The van der Waals surface area contributed by atoms with E-state index in [0.717, 1.165) is 42.5 Å². The van der Waals surface area contributed by atoms with Crippen molar-refractivity contribution >= 4 is 33.4 Å². The second-order valence-corrected chi connectivity index (χ2v) is 7.83. The molecule has 0 spiro atoms. The predicted octanol–water partition coefficient (Wildman–Crippen LogP) is 4.63. The summed E-state index contributed by atoms with van der Waals surface area (Å²) in [6, 6.07) is 16.0. The van der Waals surface area contributed by atoms with Crippen LogP contribution in [0.25, 0.3) is 0 Å². The van der Waals surface area contributed by atoms with Crippen LogP contribution < -0.4 is 5.32 Å². The number of nitrogens with one attached hydrogen (secondary N) is 1. The molecule has 0 aromatic heterocycles. The van der Waals surface area contributed by atoms with Crippen molar-refractivity contribution in [3.63, 3.8) is 0 Å². The van der Waals surface area contributed by atoms with Gasteiger partial charge in [-0.25, -0.2) is 0 Å². The fourth-order valence-electron chi connectivity index (χ4n) is 3.23. The van der Waals surface area contributed by atoms with Crippen LogP contribution in [0.3, 0.4) is 0 Å². The smallest absolute Gasteiger partial charge is 0.224 e. The van der Waals surface area contributed by atoms with Gasteiger partial charge in [-0.15, -0.1) is 0 Å². The average molecular weight is 422 g/mol. The van der Waals surface area contributed by atoms with Crippen molar-refractivity contribution in [3.8, 4) is 0 Å². The van der Waals surface area contributed by atoms with Crippen LogP contribution >= 0.6 is 27.5 Å². The molecule has 0 aliphatic carbocycles. The van der Waals surface area contributed by atoms with Crippen LogP contribution in [0, 0.1) is 5.92 Å². The van der Waals surface area contributed by atoms with E-state index in [4.69, 9.17) is 11.6 Å². The molecule has 3 nitrogen and oxygen atoms in total. The summed E-state index contributed by atoms with van der Waals surface area (Å²) in [5.74, 6) is 0.173. The quantitative estimate of drug-likeness (QED) is 0.763. The maximum atomic E-state index is 12.5. The van der Waals surface area contributed by atoms with Crippen molar-refractivity contribution in [1.29, 1.82) is 0 Å². The first kappa shape index (κ1) is 18.4. The Morgan fingerprint density at radius 1 is 1.20 bits per heavy atom. The molecular formula is C20H22BrClN2O. The van der Waals surface area contributed by atoms with E-state index >= 15 is 0 Å². The van der Waals surface area contributed by atoms with Crippen LogP contribution in [0.5, 0.6) is 0 Å². The van der Waals surface area contributed by atoms with Gasteiger partial charge in [-0.05, 0) is 48.7 Å². The molecule has 1 heterocycles. The SMILES string of the molecule is O=C(NCc1ccccc1Cl)C1CCCN(Cc2ccc(Br)cc2)C1. The topological polar surface area (TPSA) is 32.3 Å². The summed E-state index contributed by atoms with van der Waals surface area (Å²) in [4.78, 5) is 14.9. The first-order valence-electron chi connectivity index (χ1n) is 8.60. The van der Waals surface area contributed by atoms with E-state index in [9.17, 15) is 4.79 Å². The Morgan fingerprint density at radius 2 is 1.96 bits per heavy atom. The van der Waals surface area contributed by atoms with Gasteiger partial charge in [0.05, 0.1) is 5.92 Å². The Balaban J connectivity index is 1.52. The lowest BCUT2D eigenvalue weighted by Gasteiger charge is -2.32. The summed E-state index contributed by atoms with van der Waals surface area (Å²) in [5.41, 5.74) is 2.24. The van der Waals surface area contributed by atoms with E-state index in [1.165, 1.54) is 5.56 Å². The molecule has 5 heteroatoms. The molecule has 1 fully saturated rings. The molecular weight excluding hydrogens is 400 g/mol. The first-order chi connectivity index (χ1) is 12.1. The van der Waals surface area contributed by atoms with E-state index in [0.29, 0.717) is 11.6 Å². The molecule has 1 atom stereocenters. The zero-order valence-corrected chi connectivity index (χ0v) is 16.4. The molecule has 1 N–H and O–H groups in total. The highest BCUT2D eigenvalue weighted by Crippen LogP contribution is 2.20. The first-order valence-corrected chi connectivity index (χ1v) is 9.77. The van der Waals surface area contributed by atoms with Gasteiger partial charge >= 0.3 is 0 Å². The van der Waals surface area contributed by atoms with Crippen molar-refractivity contribution in [2.75, 3.05) is 13.1 Å². The predicted molar refractivity (Wildman–Crippen MR) is 105 cm³/mol. The molecule has 1 amide bonds. The van der Waals surface area contributed by atoms with Crippen molar-refractivity contribution in [1.82, 2.24) is 10.2 Å². The van der Waals surface area contributed by atoms with Crippen LogP contribution in [0.2, 0.25) is 5.02 Å². The molecule has 0 saturated carbocycles. The molecule has 1 aliphatic rings. The number of carbonyl (C=O) groups excluding carboxylic acids is 1. The highest BCUT2D eigenvalue weighted by atomic mass is 79.9. The van der Waals surface area contributed by atoms with E-state index in [-0.39, 0.29) is 11.8 Å². The third-order valence-corrected chi connectivity index (χ3v) is 5.50. The van der Waals surface area contributed by atoms with Crippen LogP contribution in [-0.4, -0.2) is 23.9 Å². The molecule has 1 aliphatic heterocycles. The minimum Gasteiger partial charge on any atom is -0.352 e. The summed E-state index contributed by atoms with van der Waals surface area (Å²) in [5, 5.41) is 3.74. The molecule has 0 bridgehead atoms. The standard InChI is InChI=1S/C20H22BrClN2O/c21-18-9-7-15(8-10-18)13-24-11-3-5-17(14-24)20(25)23-12-16-4-1-2-6-19(16)22/h1-2,4,6-10,17H,3,5,11-14H2,(H,23,25). The van der Waals surface area contributed by atoms with Gasteiger partial charge in [0.15, 0.2) is 0 Å². The number of piperidine rings is 1. The summed E-state index contributed by atoms with van der Waals surface area (Å²) in [7, 11) is 0. The van der Waals surface area contributed by atoms with Crippen molar-refractivity contribution in [2.45, 2.75) is 25.9 Å². The van der Waals surface area contributed by atoms with E-state index in [1.807, 2.05) is 24.3 Å². The minimum absolute atomic E-state index is 0.0479. The lowest BCUT2D eigenvalue weighted by Crippen LogP contribution is -2.42. The third-order valence-electron chi connectivity index (χ3n) is 4.61. The zero-order valence-electron chi connectivity index (χ0n) is 14.1. The number of benzene rings is 2. The number of halogens is 2. The van der Waals surface area contributed by atoms with Gasteiger partial charge in [0.2, 0.25) is 5.91 Å². The van der Waals surface area contributed by atoms with Crippen LogP contribution in [-0.2, 0) is 17.9 Å². The van der Waals surface area contributed by atoms with Gasteiger partial charge in [-0.3, -0.25) is 9.69 Å². The number of rotatable bonds is 5. The summed E-state index contributed by atoms with van der Waals surface area (Å²) in [6.07, 6.45) is 2.01. The Hall–Kier alpha value is -1.36. The minimum atomic E-state index is 0.0479. The van der Waals surface area contributed by atoms with Crippen molar-refractivity contribution in [2.24, 2.45) is 5.92 Å². The Morgan fingerprint density at radius 3 is 2.72 bits per heavy atom. The van der Waals surface area contributed by atoms with Crippen LogP contribution in [0.15, 0.2) is 53.0 Å². The number of carbonyl (C=O) groups is 1.